The monoisotopic (exact) mass is 570 g/mol. The Morgan fingerprint density at radius 3 is 2.45 bits per heavy atom. The average Bonchev–Trinajstić information content (AvgIpc) is 3.45. The van der Waals surface area contributed by atoms with Crippen molar-refractivity contribution in [3.63, 3.8) is 0 Å². The molecule has 0 aromatic heterocycles. The highest BCUT2D eigenvalue weighted by Crippen LogP contribution is 2.71. The number of aryl methyl sites for hydroxylation is 3. The molecule has 2 aromatic carbocycles. The maximum absolute atomic E-state index is 14.6. The van der Waals surface area contributed by atoms with Gasteiger partial charge in [0.1, 0.15) is 6.10 Å². The SMILES string of the molecule is CC1=C[C@]23C(=O)[C@@H](C=C(CO)[C@@H](O)[C@]2(O)[C@H]1OC(=O)c1c(C)cccc1CCc1ccccc1)[C@H]1[C@@H](C[C@H]3C)C1(C)C. The standard InChI is InChI=1S/C36H42O6/c1-20-10-9-13-24(15-14-23-11-7-6-8-12-23)28(20)33(40)42-32-21(2)18-35-22(3)16-27-29(34(27,4)5)26(31(35)39)17-25(19-37)30(38)36(32,35)41/h6-13,17-18,22,26-27,29-30,32,37-38,41H,14-16,19H2,1-5H3/t22-,26+,27-,29+,30-,32+,35+,36+/m1/s1. The first-order valence-corrected chi connectivity index (χ1v) is 15.2. The lowest BCUT2D eigenvalue weighted by Gasteiger charge is -2.48. The highest BCUT2D eigenvalue weighted by molar-refractivity contribution is 5.96. The van der Waals surface area contributed by atoms with Gasteiger partial charge < -0.3 is 20.1 Å². The number of esters is 1. The summed E-state index contributed by atoms with van der Waals surface area (Å²) in [4.78, 5) is 28.6. The Morgan fingerprint density at radius 2 is 1.76 bits per heavy atom. The zero-order valence-electron chi connectivity index (χ0n) is 25.1. The van der Waals surface area contributed by atoms with Crippen LogP contribution in [0.5, 0.6) is 0 Å². The van der Waals surface area contributed by atoms with Crippen molar-refractivity contribution in [2.45, 2.75) is 71.7 Å². The summed E-state index contributed by atoms with van der Waals surface area (Å²) in [7, 11) is 0. The van der Waals surface area contributed by atoms with Crippen molar-refractivity contribution in [1.82, 2.24) is 0 Å². The number of aliphatic hydroxyl groups is 3. The van der Waals surface area contributed by atoms with Crippen molar-refractivity contribution >= 4 is 11.8 Å². The molecule has 6 rings (SSSR count). The summed E-state index contributed by atoms with van der Waals surface area (Å²) in [5.74, 6) is -1.26. The number of allylic oxidation sites excluding steroid dienone is 1. The van der Waals surface area contributed by atoms with E-state index in [0.29, 0.717) is 24.0 Å². The Kier molecular flexibility index (Phi) is 6.91. The average molecular weight is 571 g/mol. The predicted octanol–water partition coefficient (Wildman–Crippen LogP) is 4.77. The van der Waals surface area contributed by atoms with E-state index in [-0.39, 0.29) is 34.5 Å². The maximum Gasteiger partial charge on any atom is 0.339 e. The molecule has 6 heteroatoms. The van der Waals surface area contributed by atoms with Crippen molar-refractivity contribution in [3.05, 3.63) is 94.1 Å². The van der Waals surface area contributed by atoms with Gasteiger partial charge in [0, 0.05) is 5.92 Å². The van der Waals surface area contributed by atoms with Crippen LogP contribution in [0.4, 0.5) is 0 Å². The molecular weight excluding hydrogens is 528 g/mol. The number of ether oxygens (including phenoxy) is 1. The van der Waals surface area contributed by atoms with E-state index in [0.717, 1.165) is 23.1 Å². The van der Waals surface area contributed by atoms with Crippen molar-refractivity contribution in [2.75, 3.05) is 6.61 Å². The minimum absolute atomic E-state index is 0.0507. The Morgan fingerprint density at radius 1 is 1.05 bits per heavy atom. The van der Waals surface area contributed by atoms with Crippen LogP contribution in [0.2, 0.25) is 0 Å². The largest absolute Gasteiger partial charge is 0.451 e. The van der Waals surface area contributed by atoms with Crippen LogP contribution in [0.25, 0.3) is 0 Å². The van der Waals surface area contributed by atoms with Gasteiger partial charge in [-0.25, -0.2) is 4.79 Å². The molecule has 6 nitrogen and oxygen atoms in total. The normalized spacial score (nSPS) is 36.1. The molecule has 4 aliphatic rings. The lowest BCUT2D eigenvalue weighted by molar-refractivity contribution is -0.190. The topological polar surface area (TPSA) is 104 Å². The van der Waals surface area contributed by atoms with Crippen LogP contribution in [-0.4, -0.2) is 51.5 Å². The minimum Gasteiger partial charge on any atom is -0.451 e. The molecule has 2 saturated carbocycles. The van der Waals surface area contributed by atoms with Gasteiger partial charge in [0.15, 0.2) is 17.5 Å². The lowest BCUT2D eigenvalue weighted by Crippen LogP contribution is -2.65. The highest BCUT2D eigenvalue weighted by atomic mass is 16.6. The number of Topliss-reactive ketones (excluding diaryl/α,β-unsaturated/α-hetero) is 1. The highest BCUT2D eigenvalue weighted by Gasteiger charge is 2.76. The first-order valence-electron chi connectivity index (χ1n) is 15.2. The molecule has 0 radical (unpaired) electrons. The summed E-state index contributed by atoms with van der Waals surface area (Å²) in [6.45, 7) is 9.41. The molecule has 1 spiro atoms. The van der Waals surface area contributed by atoms with E-state index in [2.05, 4.69) is 26.0 Å². The van der Waals surface area contributed by atoms with E-state index in [1.165, 1.54) is 0 Å². The van der Waals surface area contributed by atoms with E-state index in [1.807, 2.05) is 50.2 Å². The number of rotatable bonds is 6. The predicted molar refractivity (Wildman–Crippen MR) is 160 cm³/mol. The quantitative estimate of drug-likeness (QED) is 0.341. The van der Waals surface area contributed by atoms with Crippen LogP contribution in [0.3, 0.4) is 0 Å². The third-order valence-corrected chi connectivity index (χ3v) is 11.2. The summed E-state index contributed by atoms with van der Waals surface area (Å²) < 4.78 is 6.20. The molecule has 2 fully saturated rings. The first-order chi connectivity index (χ1) is 19.9. The second-order valence-corrected chi connectivity index (χ2v) is 13.7. The second kappa shape index (κ2) is 10.0. The Balaban J connectivity index is 1.38. The molecular formula is C36H42O6. The van der Waals surface area contributed by atoms with Crippen LogP contribution in [0, 0.1) is 41.4 Å². The molecule has 4 aliphatic carbocycles. The van der Waals surface area contributed by atoms with E-state index in [9.17, 15) is 24.9 Å². The van der Waals surface area contributed by atoms with Crippen LogP contribution in [0.1, 0.15) is 61.2 Å². The zero-order valence-corrected chi connectivity index (χ0v) is 25.1. The van der Waals surface area contributed by atoms with Gasteiger partial charge in [-0.15, -0.1) is 0 Å². The van der Waals surface area contributed by atoms with Crippen LogP contribution >= 0.6 is 0 Å². The summed E-state index contributed by atoms with van der Waals surface area (Å²) in [5, 5.41) is 34.9. The van der Waals surface area contributed by atoms with E-state index < -0.39 is 41.7 Å². The Bertz CT molecular complexity index is 1490. The summed E-state index contributed by atoms with van der Waals surface area (Å²) in [6.07, 6.45) is 2.70. The zero-order chi connectivity index (χ0) is 30.2. The van der Waals surface area contributed by atoms with Gasteiger partial charge in [-0.3, -0.25) is 4.79 Å². The fourth-order valence-electron chi connectivity index (χ4n) is 8.91. The van der Waals surface area contributed by atoms with Crippen molar-refractivity contribution in [3.8, 4) is 0 Å². The molecule has 0 amide bonds. The van der Waals surface area contributed by atoms with Gasteiger partial charge in [0.05, 0.1) is 17.6 Å². The summed E-state index contributed by atoms with van der Waals surface area (Å²) >= 11 is 0. The minimum atomic E-state index is -2.15. The first kappa shape index (κ1) is 29.0. The molecule has 8 atom stereocenters. The van der Waals surface area contributed by atoms with Crippen LogP contribution < -0.4 is 0 Å². The Hall–Kier alpha value is -3.06. The van der Waals surface area contributed by atoms with Crippen LogP contribution in [0.15, 0.2) is 71.8 Å². The van der Waals surface area contributed by atoms with Gasteiger partial charge >= 0.3 is 5.97 Å². The van der Waals surface area contributed by atoms with Gasteiger partial charge in [-0.2, -0.15) is 0 Å². The molecule has 2 bridgehead atoms. The number of aliphatic hydroxyl groups excluding tert-OH is 2. The van der Waals surface area contributed by atoms with E-state index >= 15 is 0 Å². The fraction of sp³-hybridized carbons (Fsp3) is 0.500. The number of ketones is 1. The van der Waals surface area contributed by atoms with Gasteiger partial charge in [0.25, 0.3) is 0 Å². The third kappa shape index (κ3) is 3.95. The van der Waals surface area contributed by atoms with Crippen LogP contribution in [-0.2, 0) is 22.4 Å². The fourth-order valence-corrected chi connectivity index (χ4v) is 8.91. The number of fused-ring (bicyclic) bond motifs is 3. The number of benzene rings is 2. The molecule has 0 heterocycles. The van der Waals surface area contributed by atoms with Gasteiger partial charge in [0.2, 0.25) is 0 Å². The third-order valence-electron chi connectivity index (χ3n) is 11.2. The number of carbonyl (C=O) groups excluding carboxylic acids is 2. The molecule has 0 aliphatic heterocycles. The van der Waals surface area contributed by atoms with E-state index in [1.54, 1.807) is 19.1 Å². The molecule has 222 valence electrons. The second-order valence-electron chi connectivity index (χ2n) is 13.7. The number of hydrogen-bond donors (Lipinski definition) is 3. The van der Waals surface area contributed by atoms with Gasteiger partial charge in [-0.05, 0) is 84.1 Å². The molecule has 42 heavy (non-hydrogen) atoms. The molecule has 2 aromatic rings. The van der Waals surface area contributed by atoms with Crippen molar-refractivity contribution in [2.24, 2.45) is 34.5 Å². The molecule has 0 saturated heterocycles. The van der Waals surface area contributed by atoms with Crippen molar-refractivity contribution in [1.29, 1.82) is 0 Å². The van der Waals surface area contributed by atoms with E-state index in [4.69, 9.17) is 4.74 Å². The molecule has 3 N–H and O–H groups in total. The van der Waals surface area contributed by atoms with Crippen molar-refractivity contribution < 1.29 is 29.6 Å². The molecule has 0 unspecified atom stereocenters. The lowest BCUT2D eigenvalue weighted by atomic mass is 9.59. The summed E-state index contributed by atoms with van der Waals surface area (Å²) in [5.41, 5.74) is 0.276. The summed E-state index contributed by atoms with van der Waals surface area (Å²) in [6, 6.07) is 15.8. The number of carbonyl (C=O) groups is 2. The number of hydrogen-bond acceptors (Lipinski definition) is 6. The smallest absolute Gasteiger partial charge is 0.339 e. The van der Waals surface area contributed by atoms with Gasteiger partial charge in [-0.1, -0.05) is 81.5 Å². The Labute approximate surface area is 248 Å². The maximum atomic E-state index is 14.6.